The van der Waals surface area contributed by atoms with Gasteiger partial charge in [0.15, 0.2) is 0 Å². The normalized spacial score (nSPS) is 11.9. The molecule has 0 aliphatic rings. The Morgan fingerprint density at radius 1 is 1.03 bits per heavy atom. The van der Waals surface area contributed by atoms with Crippen molar-refractivity contribution >= 4 is 11.8 Å². The fraction of sp³-hybridized carbons (Fsp3) is 0.417. The van der Waals surface area contributed by atoms with Crippen LogP contribution in [0.5, 0.6) is 0 Å². The molecule has 1 N–H and O–H groups in total. The van der Waals surface area contributed by atoms with Crippen molar-refractivity contribution in [3.8, 4) is 0 Å². The van der Waals surface area contributed by atoms with Crippen LogP contribution < -0.4 is 5.32 Å². The van der Waals surface area contributed by atoms with Gasteiger partial charge in [-0.1, -0.05) is 56.3 Å². The first kappa shape index (κ1) is 22.6. The van der Waals surface area contributed by atoms with Crippen molar-refractivity contribution in [2.75, 3.05) is 6.54 Å². The van der Waals surface area contributed by atoms with E-state index in [-0.39, 0.29) is 30.6 Å². The smallest absolute Gasteiger partial charge is 0.242 e. The Morgan fingerprint density at radius 3 is 2.28 bits per heavy atom. The fourth-order valence-corrected chi connectivity index (χ4v) is 3.18. The number of aryl methyl sites for hydroxylation is 1. The summed E-state index contributed by atoms with van der Waals surface area (Å²) in [5.41, 5.74) is 2.73. The second kappa shape index (κ2) is 10.7. The molecule has 2 rings (SSSR count). The lowest BCUT2D eigenvalue weighted by Gasteiger charge is -2.29. The molecule has 29 heavy (non-hydrogen) atoms. The summed E-state index contributed by atoms with van der Waals surface area (Å²) in [4.78, 5) is 26.8. The average Bonchev–Trinajstić information content (AvgIpc) is 2.71. The van der Waals surface area contributed by atoms with Crippen LogP contribution in [0.3, 0.4) is 0 Å². The third-order valence-corrected chi connectivity index (χ3v) is 5.09. The Morgan fingerprint density at radius 2 is 1.69 bits per heavy atom. The first-order valence-corrected chi connectivity index (χ1v) is 10.2. The molecule has 0 aliphatic carbocycles. The number of likely N-dealkylation sites (N-methyl/N-ethyl adjacent to an activating group) is 1. The van der Waals surface area contributed by atoms with Crippen LogP contribution in [0.25, 0.3) is 0 Å². The molecule has 0 spiro atoms. The van der Waals surface area contributed by atoms with Crippen LogP contribution in [-0.2, 0) is 22.6 Å². The van der Waals surface area contributed by atoms with Gasteiger partial charge in [-0.15, -0.1) is 0 Å². The van der Waals surface area contributed by atoms with E-state index in [9.17, 15) is 14.0 Å². The number of carbonyl (C=O) groups is 2. The summed E-state index contributed by atoms with van der Waals surface area (Å²) in [6, 6.07) is 13.9. The molecule has 0 fully saturated rings. The molecule has 156 valence electrons. The van der Waals surface area contributed by atoms with Crippen LogP contribution in [0.4, 0.5) is 4.39 Å². The van der Waals surface area contributed by atoms with E-state index in [1.165, 1.54) is 16.5 Å². The highest BCUT2D eigenvalue weighted by Gasteiger charge is 2.26. The number of nitrogens with one attached hydrogen (secondary N) is 1. The lowest BCUT2D eigenvalue weighted by Crippen LogP contribution is -2.47. The van der Waals surface area contributed by atoms with Gasteiger partial charge in [-0.25, -0.2) is 4.39 Å². The molecule has 0 aromatic heterocycles. The van der Waals surface area contributed by atoms with Gasteiger partial charge in [-0.05, 0) is 43.4 Å². The predicted octanol–water partition coefficient (Wildman–Crippen LogP) is 4.44. The Balaban J connectivity index is 2.12. The van der Waals surface area contributed by atoms with Gasteiger partial charge >= 0.3 is 0 Å². The topological polar surface area (TPSA) is 49.4 Å². The number of amides is 2. The largest absolute Gasteiger partial charge is 0.355 e. The zero-order chi connectivity index (χ0) is 21.4. The van der Waals surface area contributed by atoms with E-state index in [1.54, 1.807) is 25.1 Å². The van der Waals surface area contributed by atoms with E-state index < -0.39 is 6.04 Å². The van der Waals surface area contributed by atoms with E-state index in [1.807, 2.05) is 19.1 Å². The van der Waals surface area contributed by atoms with Crippen molar-refractivity contribution in [3.05, 3.63) is 71.0 Å². The Bertz CT molecular complexity index is 818. The Hall–Kier alpha value is -2.69. The van der Waals surface area contributed by atoms with Gasteiger partial charge in [0.2, 0.25) is 11.8 Å². The van der Waals surface area contributed by atoms with Crippen molar-refractivity contribution in [3.63, 3.8) is 0 Å². The summed E-state index contributed by atoms with van der Waals surface area (Å²) in [7, 11) is 0. The van der Waals surface area contributed by atoms with Crippen molar-refractivity contribution in [1.29, 1.82) is 0 Å². The molecular weight excluding hydrogens is 367 g/mol. The number of rotatable bonds is 9. The summed E-state index contributed by atoms with van der Waals surface area (Å²) < 4.78 is 14.1. The zero-order valence-corrected chi connectivity index (χ0v) is 17.7. The average molecular weight is 399 g/mol. The van der Waals surface area contributed by atoms with Gasteiger partial charge in [0, 0.05) is 25.1 Å². The summed E-state index contributed by atoms with van der Waals surface area (Å²) in [6.45, 7) is 8.34. The quantitative estimate of drug-likeness (QED) is 0.679. The molecule has 0 saturated carbocycles. The monoisotopic (exact) mass is 398 g/mol. The lowest BCUT2D eigenvalue weighted by atomic mass is 10.00. The molecule has 0 bridgehead atoms. The Kier molecular flexibility index (Phi) is 8.37. The minimum absolute atomic E-state index is 0.0656. The van der Waals surface area contributed by atoms with Crippen molar-refractivity contribution in [2.24, 2.45) is 0 Å². The number of halogens is 1. The lowest BCUT2D eigenvalue weighted by molar-refractivity contribution is -0.140. The van der Waals surface area contributed by atoms with E-state index in [0.717, 1.165) is 5.56 Å². The van der Waals surface area contributed by atoms with Crippen LogP contribution in [0.2, 0.25) is 0 Å². The highest BCUT2D eigenvalue weighted by molar-refractivity contribution is 5.87. The van der Waals surface area contributed by atoms with Crippen LogP contribution in [-0.4, -0.2) is 29.3 Å². The molecular formula is C24H31FN2O2. The van der Waals surface area contributed by atoms with Gasteiger partial charge in [0.25, 0.3) is 0 Å². The summed E-state index contributed by atoms with van der Waals surface area (Å²) in [5, 5.41) is 2.75. The van der Waals surface area contributed by atoms with Crippen LogP contribution in [0.1, 0.15) is 56.7 Å². The highest BCUT2D eigenvalue weighted by atomic mass is 19.1. The Labute approximate surface area is 173 Å². The molecule has 0 saturated heterocycles. The minimum atomic E-state index is -0.676. The minimum Gasteiger partial charge on any atom is -0.355 e. The standard InChI is InChI=1S/C24H31FN2O2/c1-5-26-24(29)18(4)27(16-21-8-6-7-9-22(21)25)23(28)15-12-19-10-13-20(14-11-19)17(2)3/h6-11,13-14,17-18H,5,12,15-16H2,1-4H3,(H,26,29). The zero-order valence-electron chi connectivity index (χ0n) is 17.7. The number of hydrogen-bond acceptors (Lipinski definition) is 2. The molecule has 0 heterocycles. The molecule has 4 nitrogen and oxygen atoms in total. The molecule has 1 unspecified atom stereocenters. The summed E-state index contributed by atoms with van der Waals surface area (Å²) >= 11 is 0. The second-order valence-corrected chi connectivity index (χ2v) is 7.58. The molecule has 0 radical (unpaired) electrons. The molecule has 2 aromatic carbocycles. The van der Waals surface area contributed by atoms with Gasteiger partial charge in [-0.2, -0.15) is 0 Å². The van der Waals surface area contributed by atoms with E-state index in [0.29, 0.717) is 24.4 Å². The second-order valence-electron chi connectivity index (χ2n) is 7.58. The van der Waals surface area contributed by atoms with Crippen LogP contribution in [0, 0.1) is 5.82 Å². The van der Waals surface area contributed by atoms with Gasteiger partial charge in [0.05, 0.1) is 0 Å². The molecule has 1 atom stereocenters. The van der Waals surface area contributed by atoms with Gasteiger partial charge < -0.3 is 10.2 Å². The maximum atomic E-state index is 14.1. The molecule has 0 aliphatic heterocycles. The van der Waals surface area contributed by atoms with E-state index in [4.69, 9.17) is 0 Å². The van der Waals surface area contributed by atoms with Crippen LogP contribution >= 0.6 is 0 Å². The molecule has 2 amide bonds. The summed E-state index contributed by atoms with van der Waals surface area (Å²) in [5.74, 6) is -0.323. The summed E-state index contributed by atoms with van der Waals surface area (Å²) in [6.07, 6.45) is 0.840. The van der Waals surface area contributed by atoms with Crippen molar-refractivity contribution in [2.45, 2.75) is 59.0 Å². The van der Waals surface area contributed by atoms with E-state index in [2.05, 4.69) is 31.3 Å². The first-order chi connectivity index (χ1) is 13.8. The maximum Gasteiger partial charge on any atom is 0.242 e. The molecule has 2 aromatic rings. The third-order valence-electron chi connectivity index (χ3n) is 5.09. The van der Waals surface area contributed by atoms with Gasteiger partial charge in [-0.3, -0.25) is 9.59 Å². The number of carbonyl (C=O) groups excluding carboxylic acids is 2. The molecule has 5 heteroatoms. The van der Waals surface area contributed by atoms with Crippen LogP contribution in [0.15, 0.2) is 48.5 Å². The van der Waals surface area contributed by atoms with E-state index >= 15 is 0 Å². The SMILES string of the molecule is CCNC(=O)C(C)N(Cc1ccccc1F)C(=O)CCc1ccc(C(C)C)cc1. The maximum absolute atomic E-state index is 14.1. The number of hydrogen-bond donors (Lipinski definition) is 1. The fourth-order valence-electron chi connectivity index (χ4n) is 3.18. The first-order valence-electron chi connectivity index (χ1n) is 10.2. The van der Waals surface area contributed by atoms with Gasteiger partial charge in [0.1, 0.15) is 11.9 Å². The predicted molar refractivity (Wildman–Crippen MR) is 114 cm³/mol. The van der Waals surface area contributed by atoms with Crippen molar-refractivity contribution < 1.29 is 14.0 Å². The van der Waals surface area contributed by atoms with Crippen molar-refractivity contribution in [1.82, 2.24) is 10.2 Å². The third kappa shape index (κ3) is 6.41. The number of benzene rings is 2. The number of nitrogens with zero attached hydrogens (tertiary/aromatic N) is 1. The highest BCUT2D eigenvalue weighted by Crippen LogP contribution is 2.17.